The lowest BCUT2D eigenvalue weighted by molar-refractivity contribution is 1.30. The highest BCUT2D eigenvalue weighted by Gasteiger charge is 2.22. The predicted molar refractivity (Wildman–Crippen MR) is 249 cm³/mol. The molecule has 0 amide bonds. The van der Waals surface area contributed by atoms with Gasteiger partial charge in [-0.2, -0.15) is 0 Å². The average Bonchev–Trinajstić information content (AvgIpc) is 3.88. The Morgan fingerprint density at radius 1 is 0.281 bits per heavy atom. The van der Waals surface area contributed by atoms with Crippen LogP contribution in [-0.4, -0.2) is 0 Å². The number of anilines is 3. The summed E-state index contributed by atoms with van der Waals surface area (Å²) in [4.78, 5) is 2.44. The van der Waals surface area contributed by atoms with Gasteiger partial charge in [-0.3, -0.25) is 0 Å². The Hall–Kier alpha value is -6.78. The van der Waals surface area contributed by atoms with Gasteiger partial charge in [0.2, 0.25) is 0 Å². The average molecular weight is 762 g/mol. The van der Waals surface area contributed by atoms with Gasteiger partial charge in [0.05, 0.1) is 10.4 Å². The summed E-state index contributed by atoms with van der Waals surface area (Å²) in [5.41, 5.74) is 13.3. The van der Waals surface area contributed by atoms with E-state index in [1.165, 1.54) is 90.5 Å². The molecule has 0 N–H and O–H groups in total. The fourth-order valence-corrected chi connectivity index (χ4v) is 10.9. The molecule has 9 aromatic carbocycles. The molecule has 0 fully saturated rings. The maximum Gasteiger partial charge on any atom is 0.0640 e. The van der Waals surface area contributed by atoms with Crippen LogP contribution in [0.3, 0.4) is 0 Å². The van der Waals surface area contributed by atoms with E-state index in [0.717, 1.165) is 11.4 Å². The minimum atomic E-state index is 1.12. The quantitative estimate of drug-likeness (QED) is 0.156. The standard InChI is InChI=1S/C54H35NS2/c1-4-14-36(15-5-1)37-24-28-41(29-25-37)55(48-35-34-44(38-16-6-2-7-17-38)52-47-21-11-13-23-50(47)57-54(48)52)42-30-26-40(27-31-42)43-32-33-45(39-18-8-3-9-19-39)53-51(43)46-20-10-12-22-49(46)56-53/h1-35H. The first-order valence-corrected chi connectivity index (χ1v) is 21.0. The molecular formula is C54H35NS2. The van der Waals surface area contributed by atoms with E-state index in [-0.39, 0.29) is 0 Å². The maximum absolute atomic E-state index is 2.44. The van der Waals surface area contributed by atoms with Crippen molar-refractivity contribution in [3.63, 3.8) is 0 Å². The topological polar surface area (TPSA) is 3.24 Å². The summed E-state index contributed by atoms with van der Waals surface area (Å²) in [5.74, 6) is 0. The van der Waals surface area contributed by atoms with E-state index in [1.807, 2.05) is 22.7 Å². The summed E-state index contributed by atoms with van der Waals surface area (Å²) in [6.45, 7) is 0. The molecule has 0 aliphatic carbocycles. The Balaban J connectivity index is 1.10. The van der Waals surface area contributed by atoms with Crippen LogP contribution < -0.4 is 4.90 Å². The predicted octanol–water partition coefficient (Wildman–Crippen LogP) is 16.6. The van der Waals surface area contributed by atoms with Crippen LogP contribution in [-0.2, 0) is 0 Å². The van der Waals surface area contributed by atoms with Crippen molar-refractivity contribution in [2.24, 2.45) is 0 Å². The highest BCUT2D eigenvalue weighted by Crippen LogP contribution is 2.49. The number of hydrogen-bond donors (Lipinski definition) is 0. The molecule has 1 nitrogen and oxygen atoms in total. The van der Waals surface area contributed by atoms with Gasteiger partial charge < -0.3 is 4.90 Å². The van der Waals surface area contributed by atoms with E-state index in [9.17, 15) is 0 Å². The molecular weight excluding hydrogens is 727 g/mol. The van der Waals surface area contributed by atoms with Gasteiger partial charge >= 0.3 is 0 Å². The van der Waals surface area contributed by atoms with Crippen molar-refractivity contribution in [3.8, 4) is 44.5 Å². The molecule has 57 heavy (non-hydrogen) atoms. The van der Waals surface area contributed by atoms with Crippen LogP contribution >= 0.6 is 22.7 Å². The highest BCUT2D eigenvalue weighted by molar-refractivity contribution is 7.27. The number of hydrogen-bond acceptors (Lipinski definition) is 3. The Kier molecular flexibility index (Phi) is 8.28. The SMILES string of the molecule is c1ccc(-c2ccc(N(c3ccc(-c4ccc(-c5ccccc5)c5sc6ccccc6c45)cc3)c3ccc(-c4ccccc4)c4c3sc3ccccc34)cc2)cc1. The first-order valence-electron chi connectivity index (χ1n) is 19.3. The van der Waals surface area contributed by atoms with Crippen LogP contribution in [0.25, 0.3) is 84.9 Å². The van der Waals surface area contributed by atoms with Crippen LogP contribution in [0.15, 0.2) is 212 Å². The van der Waals surface area contributed by atoms with Crippen molar-refractivity contribution < 1.29 is 0 Å². The lowest BCUT2D eigenvalue weighted by Crippen LogP contribution is -2.10. The second-order valence-corrected chi connectivity index (χ2v) is 16.5. The van der Waals surface area contributed by atoms with Gasteiger partial charge in [0, 0.05) is 47.0 Å². The fraction of sp³-hybridized carbons (Fsp3) is 0. The molecule has 2 aromatic heterocycles. The van der Waals surface area contributed by atoms with Crippen LogP contribution in [0.1, 0.15) is 0 Å². The zero-order chi connectivity index (χ0) is 37.7. The molecule has 0 atom stereocenters. The summed E-state index contributed by atoms with van der Waals surface area (Å²) in [7, 11) is 0. The van der Waals surface area contributed by atoms with Gasteiger partial charge in [-0.1, -0.05) is 170 Å². The van der Waals surface area contributed by atoms with Gasteiger partial charge in [0.1, 0.15) is 0 Å². The van der Waals surface area contributed by atoms with Crippen LogP contribution in [0.4, 0.5) is 17.1 Å². The first kappa shape index (κ1) is 33.5. The summed E-state index contributed by atoms with van der Waals surface area (Å²) < 4.78 is 5.20. The zero-order valence-electron chi connectivity index (χ0n) is 31.0. The van der Waals surface area contributed by atoms with Crippen molar-refractivity contribution in [3.05, 3.63) is 212 Å². The van der Waals surface area contributed by atoms with Gasteiger partial charge in [-0.05, 0) is 87.0 Å². The first-order chi connectivity index (χ1) is 28.3. The zero-order valence-corrected chi connectivity index (χ0v) is 32.6. The molecule has 11 rings (SSSR count). The Bertz CT molecular complexity index is 3200. The van der Waals surface area contributed by atoms with Crippen molar-refractivity contribution in [2.75, 3.05) is 4.90 Å². The van der Waals surface area contributed by atoms with E-state index in [0.29, 0.717) is 0 Å². The summed E-state index contributed by atoms with van der Waals surface area (Å²) >= 11 is 3.77. The molecule has 0 aliphatic rings. The Morgan fingerprint density at radius 2 is 0.667 bits per heavy atom. The Morgan fingerprint density at radius 3 is 1.25 bits per heavy atom. The van der Waals surface area contributed by atoms with Crippen molar-refractivity contribution in [2.45, 2.75) is 0 Å². The van der Waals surface area contributed by atoms with Crippen LogP contribution in [0.2, 0.25) is 0 Å². The number of benzene rings is 9. The normalized spacial score (nSPS) is 11.5. The third kappa shape index (κ3) is 5.83. The monoisotopic (exact) mass is 761 g/mol. The van der Waals surface area contributed by atoms with E-state index < -0.39 is 0 Å². The molecule has 0 aliphatic heterocycles. The molecule has 0 radical (unpaired) electrons. The molecule has 0 saturated heterocycles. The minimum Gasteiger partial charge on any atom is -0.309 e. The molecule has 268 valence electrons. The second-order valence-electron chi connectivity index (χ2n) is 14.4. The third-order valence-electron chi connectivity index (χ3n) is 11.1. The largest absolute Gasteiger partial charge is 0.309 e. The lowest BCUT2D eigenvalue weighted by Gasteiger charge is -2.27. The highest BCUT2D eigenvalue weighted by atomic mass is 32.1. The number of thiophene rings is 2. The molecule has 0 saturated carbocycles. The van der Waals surface area contributed by atoms with E-state index >= 15 is 0 Å². The van der Waals surface area contributed by atoms with Gasteiger partial charge in [-0.25, -0.2) is 0 Å². The maximum atomic E-state index is 2.44. The van der Waals surface area contributed by atoms with Crippen LogP contribution in [0.5, 0.6) is 0 Å². The van der Waals surface area contributed by atoms with E-state index in [4.69, 9.17) is 0 Å². The Labute approximate surface area is 340 Å². The van der Waals surface area contributed by atoms with Crippen molar-refractivity contribution >= 4 is 80.1 Å². The fourth-order valence-electron chi connectivity index (χ4n) is 8.41. The van der Waals surface area contributed by atoms with Gasteiger partial charge in [-0.15, -0.1) is 22.7 Å². The molecule has 0 unspecified atom stereocenters. The molecule has 11 aromatic rings. The van der Waals surface area contributed by atoms with E-state index in [2.05, 4.69) is 217 Å². The summed E-state index contributed by atoms with van der Waals surface area (Å²) in [6, 6.07) is 77.4. The second kappa shape index (κ2) is 14.1. The summed E-state index contributed by atoms with van der Waals surface area (Å²) in [6.07, 6.45) is 0. The third-order valence-corrected chi connectivity index (χ3v) is 13.5. The molecule has 0 bridgehead atoms. The summed E-state index contributed by atoms with van der Waals surface area (Å²) in [5, 5.41) is 5.22. The van der Waals surface area contributed by atoms with E-state index in [1.54, 1.807) is 0 Å². The van der Waals surface area contributed by atoms with Gasteiger partial charge in [0.15, 0.2) is 0 Å². The van der Waals surface area contributed by atoms with Crippen molar-refractivity contribution in [1.29, 1.82) is 0 Å². The van der Waals surface area contributed by atoms with Gasteiger partial charge in [0.25, 0.3) is 0 Å². The lowest BCUT2D eigenvalue weighted by atomic mass is 9.94. The van der Waals surface area contributed by atoms with Crippen molar-refractivity contribution in [1.82, 2.24) is 0 Å². The molecule has 0 spiro atoms. The number of rotatable bonds is 7. The van der Waals surface area contributed by atoms with Crippen LogP contribution in [0, 0.1) is 0 Å². The minimum absolute atomic E-state index is 1.12. The number of nitrogens with zero attached hydrogens (tertiary/aromatic N) is 1. The smallest absolute Gasteiger partial charge is 0.0640 e. The number of fused-ring (bicyclic) bond motifs is 6. The molecule has 2 heterocycles. The molecule has 3 heteroatoms.